The first-order valence-corrected chi connectivity index (χ1v) is 10.8. The number of hydrogen-bond acceptors (Lipinski definition) is 4. The molecule has 5 nitrogen and oxygen atoms in total. The molecule has 0 saturated heterocycles. The van der Waals surface area contributed by atoms with Crippen molar-refractivity contribution in [3.05, 3.63) is 82.7 Å². The minimum absolute atomic E-state index is 0.270. The number of rotatable bonds is 8. The number of sulfonamides is 1. The van der Waals surface area contributed by atoms with Gasteiger partial charge in [-0.05, 0) is 60.0 Å². The second-order valence-electron chi connectivity index (χ2n) is 6.05. The standard InChI is InChI=1S/C20H19NO4S2/c22-20(23)17-12-10-15(11-13-17)5-3-7-16-6-1-2-8-18(16)21-27(24,25)19-9-4-14-26-19/h1-2,4,6,8-14,21H,3,5,7H2,(H,22,23). The molecule has 3 rings (SSSR count). The molecule has 27 heavy (non-hydrogen) atoms. The highest BCUT2D eigenvalue weighted by Gasteiger charge is 2.16. The van der Waals surface area contributed by atoms with Crippen LogP contribution >= 0.6 is 11.3 Å². The van der Waals surface area contributed by atoms with Gasteiger partial charge in [0, 0.05) is 0 Å². The predicted molar refractivity (Wildman–Crippen MR) is 107 cm³/mol. The Morgan fingerprint density at radius 3 is 2.37 bits per heavy atom. The SMILES string of the molecule is O=C(O)c1ccc(CCCc2ccccc2NS(=O)(=O)c2cccs2)cc1. The summed E-state index contributed by atoms with van der Waals surface area (Å²) in [7, 11) is -3.57. The van der Waals surface area contributed by atoms with Crippen LogP contribution in [0.4, 0.5) is 5.69 Å². The molecular weight excluding hydrogens is 382 g/mol. The third kappa shape index (κ3) is 4.96. The van der Waals surface area contributed by atoms with Gasteiger partial charge in [-0.2, -0.15) is 0 Å². The van der Waals surface area contributed by atoms with E-state index in [1.54, 1.807) is 41.8 Å². The van der Waals surface area contributed by atoms with Crippen molar-refractivity contribution < 1.29 is 18.3 Å². The van der Waals surface area contributed by atoms with Crippen LogP contribution in [0.15, 0.2) is 70.3 Å². The first kappa shape index (κ1) is 19.1. The molecule has 3 aromatic rings. The number of thiophene rings is 1. The van der Waals surface area contributed by atoms with Gasteiger partial charge in [-0.1, -0.05) is 36.4 Å². The molecule has 2 N–H and O–H groups in total. The topological polar surface area (TPSA) is 83.5 Å². The summed E-state index contributed by atoms with van der Waals surface area (Å²) in [5.41, 5.74) is 2.84. The molecule has 1 aromatic heterocycles. The number of para-hydroxylation sites is 1. The Kier molecular flexibility index (Phi) is 5.93. The van der Waals surface area contributed by atoms with Crippen molar-refractivity contribution in [2.75, 3.05) is 4.72 Å². The second-order valence-corrected chi connectivity index (χ2v) is 8.91. The highest BCUT2D eigenvalue weighted by Crippen LogP contribution is 2.24. The van der Waals surface area contributed by atoms with Crippen LogP contribution in [-0.2, 0) is 22.9 Å². The number of benzene rings is 2. The van der Waals surface area contributed by atoms with Gasteiger partial charge in [-0.25, -0.2) is 13.2 Å². The minimum Gasteiger partial charge on any atom is -0.478 e. The van der Waals surface area contributed by atoms with Crippen LogP contribution in [0.25, 0.3) is 0 Å². The molecule has 0 amide bonds. The molecule has 7 heteroatoms. The van der Waals surface area contributed by atoms with Gasteiger partial charge in [-0.3, -0.25) is 4.72 Å². The maximum Gasteiger partial charge on any atom is 0.335 e. The van der Waals surface area contributed by atoms with Crippen molar-refractivity contribution in [1.82, 2.24) is 0 Å². The molecule has 0 radical (unpaired) electrons. The smallest absolute Gasteiger partial charge is 0.335 e. The monoisotopic (exact) mass is 401 g/mol. The summed E-state index contributed by atoms with van der Waals surface area (Å²) < 4.78 is 27.9. The van der Waals surface area contributed by atoms with Gasteiger partial charge in [0.05, 0.1) is 11.3 Å². The lowest BCUT2D eigenvalue weighted by Gasteiger charge is -2.12. The lowest BCUT2D eigenvalue weighted by Crippen LogP contribution is -2.13. The van der Waals surface area contributed by atoms with Gasteiger partial charge in [-0.15, -0.1) is 11.3 Å². The number of carbonyl (C=O) groups is 1. The molecule has 2 aromatic carbocycles. The van der Waals surface area contributed by atoms with E-state index in [4.69, 9.17) is 5.11 Å². The lowest BCUT2D eigenvalue weighted by atomic mass is 10.0. The van der Waals surface area contributed by atoms with E-state index in [0.717, 1.165) is 24.0 Å². The van der Waals surface area contributed by atoms with E-state index in [9.17, 15) is 13.2 Å². The lowest BCUT2D eigenvalue weighted by molar-refractivity contribution is 0.0697. The van der Waals surface area contributed by atoms with Gasteiger partial charge >= 0.3 is 5.97 Å². The number of carboxylic acids is 1. The van der Waals surface area contributed by atoms with E-state index in [0.29, 0.717) is 12.1 Å². The Morgan fingerprint density at radius 2 is 1.70 bits per heavy atom. The van der Waals surface area contributed by atoms with Gasteiger partial charge in [0.25, 0.3) is 10.0 Å². The van der Waals surface area contributed by atoms with Crippen LogP contribution in [0.1, 0.15) is 27.9 Å². The number of nitrogens with one attached hydrogen (secondary N) is 1. The first-order chi connectivity index (χ1) is 13.0. The molecule has 0 aliphatic rings. The number of hydrogen-bond donors (Lipinski definition) is 2. The highest BCUT2D eigenvalue weighted by molar-refractivity contribution is 7.94. The van der Waals surface area contributed by atoms with Crippen molar-refractivity contribution in [3.63, 3.8) is 0 Å². The van der Waals surface area contributed by atoms with Crippen LogP contribution in [0.3, 0.4) is 0 Å². The number of aromatic carboxylic acids is 1. The van der Waals surface area contributed by atoms with Gasteiger partial charge in [0.15, 0.2) is 0 Å². The molecular formula is C20H19NO4S2. The highest BCUT2D eigenvalue weighted by atomic mass is 32.2. The van der Waals surface area contributed by atoms with E-state index in [2.05, 4.69) is 4.72 Å². The predicted octanol–water partition coefficient (Wildman–Crippen LogP) is 4.42. The summed E-state index contributed by atoms with van der Waals surface area (Å²) in [6.07, 6.45) is 2.32. The van der Waals surface area contributed by atoms with Crippen LogP contribution in [-0.4, -0.2) is 19.5 Å². The normalized spacial score (nSPS) is 11.3. The summed E-state index contributed by atoms with van der Waals surface area (Å²) in [5.74, 6) is -0.937. The zero-order valence-electron chi connectivity index (χ0n) is 14.5. The van der Waals surface area contributed by atoms with Gasteiger partial charge in [0.2, 0.25) is 0 Å². The quantitative estimate of drug-likeness (QED) is 0.585. The molecule has 0 spiro atoms. The van der Waals surface area contributed by atoms with Crippen molar-refractivity contribution in [3.8, 4) is 0 Å². The Hall–Kier alpha value is -2.64. The van der Waals surface area contributed by atoms with Gasteiger partial charge in [0.1, 0.15) is 4.21 Å². The van der Waals surface area contributed by atoms with Crippen molar-refractivity contribution in [2.45, 2.75) is 23.5 Å². The third-order valence-electron chi connectivity index (χ3n) is 4.13. The summed E-state index contributed by atoms with van der Waals surface area (Å²) in [6, 6.07) is 17.5. The van der Waals surface area contributed by atoms with Crippen molar-refractivity contribution >= 4 is 33.0 Å². The van der Waals surface area contributed by atoms with Crippen LogP contribution in [0.5, 0.6) is 0 Å². The van der Waals surface area contributed by atoms with E-state index in [1.807, 2.05) is 24.3 Å². The third-order valence-corrected chi connectivity index (χ3v) is 6.90. The zero-order valence-corrected chi connectivity index (χ0v) is 16.1. The summed E-state index contributed by atoms with van der Waals surface area (Å²) in [4.78, 5) is 10.9. The molecule has 0 bridgehead atoms. The molecule has 0 fully saturated rings. The molecule has 140 valence electrons. The summed E-state index contributed by atoms with van der Waals surface area (Å²) in [5, 5.41) is 10.7. The van der Waals surface area contributed by atoms with Crippen LogP contribution in [0.2, 0.25) is 0 Å². The number of aryl methyl sites for hydroxylation is 2. The maximum atomic E-state index is 12.4. The van der Waals surface area contributed by atoms with Crippen molar-refractivity contribution in [2.24, 2.45) is 0 Å². The van der Waals surface area contributed by atoms with E-state index < -0.39 is 16.0 Å². The van der Waals surface area contributed by atoms with Crippen molar-refractivity contribution in [1.29, 1.82) is 0 Å². The molecule has 1 heterocycles. The largest absolute Gasteiger partial charge is 0.478 e. The molecule has 0 aliphatic heterocycles. The Balaban J connectivity index is 1.65. The Morgan fingerprint density at radius 1 is 0.963 bits per heavy atom. The van der Waals surface area contributed by atoms with E-state index >= 15 is 0 Å². The van der Waals surface area contributed by atoms with Crippen LogP contribution < -0.4 is 4.72 Å². The van der Waals surface area contributed by atoms with E-state index in [1.165, 1.54) is 11.3 Å². The average molecular weight is 402 g/mol. The molecule has 0 unspecified atom stereocenters. The zero-order chi connectivity index (χ0) is 19.3. The fraction of sp³-hybridized carbons (Fsp3) is 0.150. The number of anilines is 1. The maximum absolute atomic E-state index is 12.4. The minimum atomic E-state index is -3.57. The molecule has 0 aliphatic carbocycles. The first-order valence-electron chi connectivity index (χ1n) is 8.42. The Labute approximate surface area is 162 Å². The fourth-order valence-electron chi connectivity index (χ4n) is 2.75. The summed E-state index contributed by atoms with van der Waals surface area (Å²) in [6.45, 7) is 0. The summed E-state index contributed by atoms with van der Waals surface area (Å²) >= 11 is 1.18. The van der Waals surface area contributed by atoms with Gasteiger partial charge < -0.3 is 5.11 Å². The number of carboxylic acid groups (broad SMARTS) is 1. The molecule has 0 saturated carbocycles. The average Bonchev–Trinajstić information content (AvgIpc) is 3.19. The second kappa shape index (κ2) is 8.37. The van der Waals surface area contributed by atoms with Crippen LogP contribution in [0, 0.1) is 0 Å². The fourth-order valence-corrected chi connectivity index (χ4v) is 4.84. The van der Waals surface area contributed by atoms with E-state index in [-0.39, 0.29) is 9.77 Å². The Bertz CT molecular complexity index is 1010. The molecule has 0 atom stereocenters.